The fourth-order valence-electron chi connectivity index (χ4n) is 2.34. The van der Waals surface area contributed by atoms with Crippen LogP contribution in [0.5, 0.6) is 0 Å². The quantitative estimate of drug-likeness (QED) is 0.715. The monoisotopic (exact) mass is 195 g/mol. The van der Waals surface area contributed by atoms with Crippen LogP contribution in [0.1, 0.15) is 25.7 Å². The van der Waals surface area contributed by atoms with E-state index in [1.165, 1.54) is 51.2 Å². The van der Waals surface area contributed by atoms with Crippen molar-refractivity contribution in [2.45, 2.75) is 25.7 Å². The molecule has 0 aliphatic carbocycles. The lowest BCUT2D eigenvalue weighted by atomic mass is 9.95. The van der Waals surface area contributed by atoms with Gasteiger partial charge in [0.2, 0.25) is 0 Å². The Bertz CT molecular complexity index is 207. The molecule has 1 N–H and O–H groups in total. The van der Waals surface area contributed by atoms with Crippen molar-refractivity contribution in [1.29, 1.82) is 0 Å². The number of amidine groups is 1. The third-order valence-corrected chi connectivity index (χ3v) is 3.26. The molecule has 0 aromatic heterocycles. The lowest BCUT2D eigenvalue weighted by Gasteiger charge is -2.29. The molecule has 0 aromatic carbocycles. The van der Waals surface area contributed by atoms with Crippen molar-refractivity contribution >= 4 is 5.84 Å². The first kappa shape index (κ1) is 9.97. The lowest BCUT2D eigenvalue weighted by Crippen LogP contribution is -2.37. The molecule has 0 aromatic rings. The van der Waals surface area contributed by atoms with Gasteiger partial charge in [0.05, 0.1) is 5.84 Å². The Morgan fingerprint density at radius 1 is 1.50 bits per heavy atom. The average molecular weight is 195 g/mol. The Labute approximate surface area is 86.6 Å². The Kier molecular flexibility index (Phi) is 3.40. The van der Waals surface area contributed by atoms with Gasteiger partial charge in [-0.25, -0.2) is 0 Å². The van der Waals surface area contributed by atoms with Gasteiger partial charge in [-0.15, -0.1) is 0 Å². The van der Waals surface area contributed by atoms with Crippen LogP contribution in [0.2, 0.25) is 0 Å². The van der Waals surface area contributed by atoms with Gasteiger partial charge in [-0.05, 0) is 38.3 Å². The zero-order valence-corrected chi connectivity index (χ0v) is 9.13. The molecule has 1 saturated heterocycles. The number of hydrogen-bond acceptors (Lipinski definition) is 3. The molecule has 2 aliphatic heterocycles. The maximum atomic E-state index is 4.62. The number of nitrogens with zero attached hydrogens (tertiary/aromatic N) is 2. The highest BCUT2D eigenvalue weighted by atomic mass is 15.2. The van der Waals surface area contributed by atoms with Gasteiger partial charge in [0.15, 0.2) is 0 Å². The van der Waals surface area contributed by atoms with E-state index in [1.807, 2.05) is 0 Å². The maximum absolute atomic E-state index is 4.62. The number of aliphatic imine (C=N–C) groups is 1. The zero-order valence-electron chi connectivity index (χ0n) is 9.13. The predicted octanol–water partition coefficient (Wildman–Crippen LogP) is 1.11. The summed E-state index contributed by atoms with van der Waals surface area (Å²) in [6.45, 7) is 4.63. The second-order valence-electron chi connectivity index (χ2n) is 4.49. The van der Waals surface area contributed by atoms with Crippen LogP contribution in [0.3, 0.4) is 0 Å². The molecule has 0 radical (unpaired) electrons. The molecular weight excluding hydrogens is 174 g/mol. The summed E-state index contributed by atoms with van der Waals surface area (Å²) < 4.78 is 0. The van der Waals surface area contributed by atoms with Gasteiger partial charge in [0.25, 0.3) is 0 Å². The number of nitrogens with one attached hydrogen (secondary N) is 1. The first-order valence-corrected chi connectivity index (χ1v) is 5.81. The molecule has 14 heavy (non-hydrogen) atoms. The second kappa shape index (κ2) is 4.78. The molecule has 0 amide bonds. The molecule has 3 nitrogen and oxygen atoms in total. The fraction of sp³-hybridized carbons (Fsp3) is 0.909. The van der Waals surface area contributed by atoms with Crippen LogP contribution in [0.25, 0.3) is 0 Å². The van der Waals surface area contributed by atoms with Crippen molar-refractivity contribution in [2.75, 3.05) is 33.2 Å². The van der Waals surface area contributed by atoms with Crippen LogP contribution >= 0.6 is 0 Å². The summed E-state index contributed by atoms with van der Waals surface area (Å²) in [7, 11) is 2.17. The van der Waals surface area contributed by atoms with Gasteiger partial charge in [-0.2, -0.15) is 0 Å². The van der Waals surface area contributed by atoms with Crippen LogP contribution in [0.4, 0.5) is 0 Å². The van der Waals surface area contributed by atoms with Crippen molar-refractivity contribution < 1.29 is 0 Å². The van der Waals surface area contributed by atoms with Crippen LogP contribution < -0.4 is 5.32 Å². The molecule has 0 bridgehead atoms. The van der Waals surface area contributed by atoms with Crippen molar-refractivity contribution in [3.8, 4) is 0 Å². The molecule has 0 saturated carbocycles. The summed E-state index contributed by atoms with van der Waals surface area (Å²) in [6.07, 6.45) is 5.12. The number of hydrogen-bond donors (Lipinski definition) is 1. The van der Waals surface area contributed by atoms with Crippen molar-refractivity contribution in [3.63, 3.8) is 0 Å². The lowest BCUT2D eigenvalue weighted by molar-refractivity contribution is 0.366. The predicted molar refractivity (Wildman–Crippen MR) is 59.8 cm³/mol. The third-order valence-electron chi connectivity index (χ3n) is 3.26. The largest absolute Gasteiger partial charge is 0.363 e. The molecule has 3 heteroatoms. The average Bonchev–Trinajstić information content (AvgIpc) is 2.23. The Morgan fingerprint density at radius 2 is 2.43 bits per heavy atom. The van der Waals surface area contributed by atoms with E-state index in [2.05, 4.69) is 22.3 Å². The minimum Gasteiger partial charge on any atom is -0.363 e. The van der Waals surface area contributed by atoms with E-state index in [4.69, 9.17) is 0 Å². The Hall–Kier alpha value is -0.570. The number of piperidine rings is 1. The van der Waals surface area contributed by atoms with E-state index in [0.717, 1.165) is 12.5 Å². The molecule has 1 fully saturated rings. The van der Waals surface area contributed by atoms with E-state index in [1.54, 1.807) is 0 Å². The molecule has 2 rings (SSSR count). The number of rotatable bonds is 2. The molecule has 1 unspecified atom stereocenters. The summed E-state index contributed by atoms with van der Waals surface area (Å²) in [4.78, 5) is 6.95. The van der Waals surface area contributed by atoms with Crippen molar-refractivity contribution in [1.82, 2.24) is 10.2 Å². The molecule has 80 valence electrons. The minimum absolute atomic E-state index is 0.822. The van der Waals surface area contributed by atoms with Gasteiger partial charge < -0.3 is 10.2 Å². The van der Waals surface area contributed by atoms with Gasteiger partial charge in [0.1, 0.15) is 0 Å². The van der Waals surface area contributed by atoms with Crippen LogP contribution in [-0.4, -0.2) is 44.0 Å². The summed E-state index contributed by atoms with van der Waals surface area (Å²) in [6, 6.07) is 0. The fourth-order valence-corrected chi connectivity index (χ4v) is 2.34. The molecule has 2 aliphatic rings. The smallest absolute Gasteiger partial charge is 0.0989 e. The SMILES string of the molecule is CN1CCCN=C1CC1CCCNC1. The minimum atomic E-state index is 0.822. The zero-order chi connectivity index (χ0) is 9.80. The van der Waals surface area contributed by atoms with Gasteiger partial charge in [-0.3, -0.25) is 4.99 Å². The van der Waals surface area contributed by atoms with Gasteiger partial charge in [0, 0.05) is 26.6 Å². The first-order valence-electron chi connectivity index (χ1n) is 5.81. The molecule has 0 spiro atoms. The third kappa shape index (κ3) is 2.47. The standard InChI is InChI=1S/C11H21N3/c1-14-7-3-6-13-11(14)8-10-4-2-5-12-9-10/h10,12H,2-9H2,1H3. The summed E-state index contributed by atoms with van der Waals surface area (Å²) in [5.74, 6) is 2.16. The summed E-state index contributed by atoms with van der Waals surface area (Å²) >= 11 is 0. The first-order chi connectivity index (χ1) is 6.86. The molecule has 2 heterocycles. The highest BCUT2D eigenvalue weighted by molar-refractivity contribution is 5.82. The van der Waals surface area contributed by atoms with Crippen molar-refractivity contribution in [3.05, 3.63) is 0 Å². The Balaban J connectivity index is 1.85. The van der Waals surface area contributed by atoms with Gasteiger partial charge >= 0.3 is 0 Å². The Morgan fingerprint density at radius 3 is 3.14 bits per heavy atom. The van der Waals surface area contributed by atoms with Crippen molar-refractivity contribution in [2.24, 2.45) is 10.9 Å². The van der Waals surface area contributed by atoms with E-state index in [-0.39, 0.29) is 0 Å². The molecular formula is C11H21N3. The van der Waals surface area contributed by atoms with Crippen LogP contribution in [0, 0.1) is 5.92 Å². The van der Waals surface area contributed by atoms with Crippen LogP contribution in [0.15, 0.2) is 4.99 Å². The summed E-state index contributed by atoms with van der Waals surface area (Å²) in [5, 5.41) is 3.47. The topological polar surface area (TPSA) is 27.6 Å². The van der Waals surface area contributed by atoms with Gasteiger partial charge in [-0.1, -0.05) is 0 Å². The highest BCUT2D eigenvalue weighted by Crippen LogP contribution is 2.17. The normalized spacial score (nSPS) is 28.8. The molecule has 1 atom stereocenters. The van der Waals surface area contributed by atoms with E-state index >= 15 is 0 Å². The maximum Gasteiger partial charge on any atom is 0.0989 e. The second-order valence-corrected chi connectivity index (χ2v) is 4.49. The van der Waals surface area contributed by atoms with E-state index in [0.29, 0.717) is 0 Å². The van der Waals surface area contributed by atoms with Crippen LogP contribution in [-0.2, 0) is 0 Å². The van der Waals surface area contributed by atoms with E-state index in [9.17, 15) is 0 Å². The van der Waals surface area contributed by atoms with E-state index < -0.39 is 0 Å². The summed E-state index contributed by atoms with van der Waals surface area (Å²) in [5.41, 5.74) is 0. The highest BCUT2D eigenvalue weighted by Gasteiger charge is 2.18.